The van der Waals surface area contributed by atoms with Gasteiger partial charge in [-0.15, -0.1) is 0 Å². The third kappa shape index (κ3) is 6.21. The average Bonchev–Trinajstić information content (AvgIpc) is 2.20. The summed E-state index contributed by atoms with van der Waals surface area (Å²) in [6.45, 7) is 2.39. The summed E-state index contributed by atoms with van der Waals surface area (Å²) < 4.78 is 0. The fourth-order valence-electron chi connectivity index (χ4n) is 0.893. The van der Waals surface area contributed by atoms with Crippen molar-refractivity contribution >= 4 is 5.91 Å². The lowest BCUT2D eigenvalue weighted by atomic mass is 10.2. The number of amides is 1. The lowest BCUT2D eigenvalue weighted by Crippen LogP contribution is -2.30. The molecule has 0 aliphatic carbocycles. The molecule has 6 nitrogen and oxygen atoms in total. The normalized spacial score (nSPS) is 12.0. The lowest BCUT2D eigenvalue weighted by molar-refractivity contribution is -0.508. The van der Waals surface area contributed by atoms with Crippen molar-refractivity contribution in [3.63, 3.8) is 0 Å². The monoisotopic (exact) mass is 211 g/mol. The molecule has 0 saturated heterocycles. The molecular formula is C9H13N3O3. The molecule has 0 bridgehead atoms. The number of nitro groups is 1. The van der Waals surface area contributed by atoms with Gasteiger partial charge in [0.15, 0.2) is 0 Å². The maximum absolute atomic E-state index is 11.1. The first-order chi connectivity index (χ1) is 7.11. The average molecular weight is 211 g/mol. The highest BCUT2D eigenvalue weighted by Gasteiger charge is 2.20. The quantitative estimate of drug-likeness (QED) is 0.396. The van der Waals surface area contributed by atoms with Crippen LogP contribution in [-0.4, -0.2) is 23.4 Å². The largest absolute Gasteiger partial charge is 0.356 e. The van der Waals surface area contributed by atoms with Gasteiger partial charge in [0.2, 0.25) is 11.9 Å². The Bertz CT molecular complexity index is 293. The van der Waals surface area contributed by atoms with Crippen LogP contribution in [0.2, 0.25) is 0 Å². The minimum atomic E-state index is -1.12. The van der Waals surface area contributed by atoms with E-state index in [2.05, 4.69) is 5.32 Å². The summed E-state index contributed by atoms with van der Waals surface area (Å²) in [5.41, 5.74) is 0. The van der Waals surface area contributed by atoms with Gasteiger partial charge in [-0.05, 0) is 12.5 Å². The van der Waals surface area contributed by atoms with Crippen LogP contribution in [0.4, 0.5) is 0 Å². The smallest absolute Gasteiger partial charge is 0.241 e. The van der Waals surface area contributed by atoms with E-state index in [0.717, 1.165) is 18.6 Å². The van der Waals surface area contributed by atoms with E-state index < -0.39 is 11.0 Å². The molecule has 0 spiro atoms. The Balaban J connectivity index is 4.18. The van der Waals surface area contributed by atoms with Crippen molar-refractivity contribution in [2.75, 3.05) is 6.54 Å². The van der Waals surface area contributed by atoms with Gasteiger partial charge < -0.3 is 5.32 Å². The molecule has 0 saturated carbocycles. The van der Waals surface area contributed by atoms with Crippen LogP contribution >= 0.6 is 0 Å². The minimum Gasteiger partial charge on any atom is -0.356 e. The first-order valence-electron chi connectivity index (χ1n) is 4.58. The number of hydrogen-bond donors (Lipinski definition) is 1. The lowest BCUT2D eigenvalue weighted by Gasteiger charge is -2.05. The van der Waals surface area contributed by atoms with E-state index in [0.29, 0.717) is 6.54 Å². The molecular weight excluding hydrogens is 198 g/mol. The van der Waals surface area contributed by atoms with Gasteiger partial charge in [0, 0.05) is 17.5 Å². The van der Waals surface area contributed by atoms with Gasteiger partial charge in [-0.25, -0.2) is 0 Å². The van der Waals surface area contributed by atoms with Crippen LogP contribution in [0, 0.1) is 21.4 Å². The predicted octanol–water partition coefficient (Wildman–Crippen LogP) is 0.628. The zero-order valence-electron chi connectivity index (χ0n) is 8.47. The number of hydrogen-bond acceptors (Lipinski definition) is 4. The number of rotatable bonds is 6. The van der Waals surface area contributed by atoms with Crippen molar-refractivity contribution in [1.82, 2.24) is 5.32 Å². The standard InChI is InChI=1S/C9H13N3O3/c1-2-6-11-9(13)7-8(12(14)15)4-3-5-10/h3-4,8H,2,6-7H2,1H3,(H,11,13). The number of carbonyl (C=O) groups excluding carboxylic acids is 1. The van der Waals surface area contributed by atoms with Crippen LogP contribution in [0.25, 0.3) is 0 Å². The van der Waals surface area contributed by atoms with Crippen molar-refractivity contribution in [2.24, 2.45) is 0 Å². The SMILES string of the molecule is CCCNC(=O)CC(C=CC#N)[N+](=O)[O-]. The van der Waals surface area contributed by atoms with E-state index in [1.807, 2.05) is 6.92 Å². The molecule has 0 aliphatic rings. The molecule has 1 atom stereocenters. The maximum Gasteiger partial charge on any atom is 0.241 e. The van der Waals surface area contributed by atoms with Gasteiger partial charge in [0.1, 0.15) is 0 Å². The Hall–Kier alpha value is -1.90. The predicted molar refractivity (Wildman–Crippen MR) is 53.5 cm³/mol. The van der Waals surface area contributed by atoms with Crippen LogP contribution < -0.4 is 5.32 Å². The van der Waals surface area contributed by atoms with Crippen molar-refractivity contribution < 1.29 is 9.72 Å². The summed E-state index contributed by atoms with van der Waals surface area (Å²) in [5, 5.41) is 21.2. The molecule has 0 aliphatic heterocycles. The number of carbonyl (C=O) groups is 1. The third-order valence-electron chi connectivity index (χ3n) is 1.63. The first kappa shape index (κ1) is 13.1. The van der Waals surface area contributed by atoms with Gasteiger partial charge >= 0.3 is 0 Å². The maximum atomic E-state index is 11.1. The summed E-state index contributed by atoms with van der Waals surface area (Å²) >= 11 is 0. The molecule has 0 heterocycles. The van der Waals surface area contributed by atoms with Crippen LogP contribution in [0.3, 0.4) is 0 Å². The highest BCUT2D eigenvalue weighted by Crippen LogP contribution is 1.99. The summed E-state index contributed by atoms with van der Waals surface area (Å²) in [7, 11) is 0. The molecule has 1 amide bonds. The Morgan fingerprint density at radius 1 is 1.73 bits per heavy atom. The van der Waals surface area contributed by atoms with E-state index >= 15 is 0 Å². The molecule has 0 radical (unpaired) electrons. The second kappa shape index (κ2) is 7.50. The molecule has 0 aromatic rings. The Kier molecular flexibility index (Phi) is 6.55. The molecule has 0 rings (SSSR count). The van der Waals surface area contributed by atoms with Gasteiger partial charge in [0.05, 0.1) is 12.5 Å². The Morgan fingerprint density at radius 2 is 2.40 bits per heavy atom. The summed E-state index contributed by atoms with van der Waals surface area (Å²) in [5.74, 6) is -0.374. The van der Waals surface area contributed by atoms with Gasteiger partial charge in [-0.3, -0.25) is 14.9 Å². The highest BCUT2D eigenvalue weighted by atomic mass is 16.6. The van der Waals surface area contributed by atoms with Crippen molar-refractivity contribution in [3.8, 4) is 6.07 Å². The second-order valence-corrected chi connectivity index (χ2v) is 2.89. The van der Waals surface area contributed by atoms with Crippen LogP contribution in [0.1, 0.15) is 19.8 Å². The molecule has 0 aromatic carbocycles. The molecule has 6 heteroatoms. The molecule has 15 heavy (non-hydrogen) atoms. The molecule has 1 unspecified atom stereocenters. The van der Waals surface area contributed by atoms with E-state index in [-0.39, 0.29) is 12.3 Å². The van der Waals surface area contributed by atoms with E-state index in [1.54, 1.807) is 6.07 Å². The second-order valence-electron chi connectivity index (χ2n) is 2.89. The van der Waals surface area contributed by atoms with Crippen molar-refractivity contribution in [1.29, 1.82) is 5.26 Å². The zero-order chi connectivity index (χ0) is 11.7. The van der Waals surface area contributed by atoms with E-state index in [4.69, 9.17) is 5.26 Å². The fraction of sp³-hybridized carbons (Fsp3) is 0.556. The first-order valence-corrected chi connectivity index (χ1v) is 4.58. The van der Waals surface area contributed by atoms with Crippen molar-refractivity contribution in [3.05, 3.63) is 22.3 Å². The number of nitriles is 1. The number of nitrogens with one attached hydrogen (secondary N) is 1. The topological polar surface area (TPSA) is 96.0 Å². The third-order valence-corrected chi connectivity index (χ3v) is 1.63. The van der Waals surface area contributed by atoms with E-state index in [1.165, 1.54) is 0 Å². The van der Waals surface area contributed by atoms with Gasteiger partial charge in [-0.1, -0.05) is 6.92 Å². The number of nitrogens with zero attached hydrogens (tertiary/aromatic N) is 2. The Morgan fingerprint density at radius 3 is 2.87 bits per heavy atom. The fourth-order valence-corrected chi connectivity index (χ4v) is 0.893. The minimum absolute atomic E-state index is 0.231. The van der Waals surface area contributed by atoms with Crippen LogP contribution in [0.5, 0.6) is 0 Å². The van der Waals surface area contributed by atoms with E-state index in [9.17, 15) is 14.9 Å². The van der Waals surface area contributed by atoms with Crippen LogP contribution in [0.15, 0.2) is 12.2 Å². The van der Waals surface area contributed by atoms with Crippen LogP contribution in [-0.2, 0) is 4.79 Å². The molecule has 1 N–H and O–H groups in total. The summed E-state index contributed by atoms with van der Waals surface area (Å²) in [4.78, 5) is 21.0. The zero-order valence-corrected chi connectivity index (χ0v) is 8.47. The molecule has 82 valence electrons. The van der Waals surface area contributed by atoms with Gasteiger partial charge in [-0.2, -0.15) is 5.26 Å². The summed E-state index contributed by atoms with van der Waals surface area (Å²) in [6, 6.07) is 0.529. The molecule has 0 aromatic heterocycles. The van der Waals surface area contributed by atoms with Crippen molar-refractivity contribution in [2.45, 2.75) is 25.8 Å². The summed E-state index contributed by atoms with van der Waals surface area (Å²) in [6.07, 6.45) is 2.68. The molecule has 0 fully saturated rings. The highest BCUT2D eigenvalue weighted by molar-refractivity contribution is 5.76. The number of allylic oxidation sites excluding steroid dienone is 1. The van der Waals surface area contributed by atoms with Gasteiger partial charge in [0.25, 0.3) is 0 Å². The Labute approximate surface area is 87.7 Å².